The molecule has 0 bridgehead atoms. The zero-order valence-electron chi connectivity index (χ0n) is 8.97. The van der Waals surface area contributed by atoms with Crippen molar-refractivity contribution in [1.29, 1.82) is 0 Å². The van der Waals surface area contributed by atoms with Gasteiger partial charge >= 0.3 is 0 Å². The molecule has 2 rings (SSSR count). The predicted octanol–water partition coefficient (Wildman–Crippen LogP) is 1.90. The van der Waals surface area contributed by atoms with Gasteiger partial charge in [0.1, 0.15) is 5.78 Å². The summed E-state index contributed by atoms with van der Waals surface area (Å²) in [5.74, 6) is -0.269. The molecule has 1 saturated carbocycles. The van der Waals surface area contributed by atoms with Crippen LogP contribution >= 0.6 is 0 Å². The number of hydrogen-bond acceptors (Lipinski definition) is 3. The van der Waals surface area contributed by atoms with Crippen LogP contribution in [0.5, 0.6) is 0 Å². The van der Waals surface area contributed by atoms with E-state index in [1.165, 1.54) is 0 Å². The normalized spacial score (nSPS) is 41.3. The number of fused-ring (bicyclic) bond motifs is 1. The molecular weight excluding hydrogens is 180 g/mol. The van der Waals surface area contributed by atoms with Crippen molar-refractivity contribution in [3.05, 3.63) is 0 Å². The van der Waals surface area contributed by atoms with Crippen LogP contribution in [-0.2, 0) is 14.3 Å². The van der Waals surface area contributed by atoms with Gasteiger partial charge in [0.05, 0.1) is 12.0 Å². The van der Waals surface area contributed by atoms with E-state index < -0.39 is 5.79 Å². The second kappa shape index (κ2) is 3.31. The quantitative estimate of drug-likeness (QED) is 0.694. The summed E-state index contributed by atoms with van der Waals surface area (Å²) in [6, 6.07) is 0. The van der Waals surface area contributed by atoms with Crippen LogP contribution in [0.25, 0.3) is 0 Å². The van der Waals surface area contributed by atoms with E-state index in [0.29, 0.717) is 18.8 Å². The van der Waals surface area contributed by atoms with Crippen LogP contribution < -0.4 is 0 Å². The van der Waals surface area contributed by atoms with E-state index in [9.17, 15) is 4.79 Å². The number of carbonyl (C=O) groups is 1. The molecule has 3 heteroatoms. The van der Waals surface area contributed by atoms with E-state index in [0.717, 1.165) is 25.7 Å². The van der Waals surface area contributed by atoms with E-state index in [4.69, 9.17) is 9.47 Å². The molecule has 0 N–H and O–H groups in total. The maximum atomic E-state index is 12.0. The summed E-state index contributed by atoms with van der Waals surface area (Å²) in [5.41, 5.74) is -0.323. The van der Waals surface area contributed by atoms with Crippen LogP contribution in [0, 0.1) is 5.41 Å². The minimum atomic E-state index is -0.583. The average molecular weight is 198 g/mol. The molecule has 0 aromatic rings. The molecule has 2 unspecified atom stereocenters. The van der Waals surface area contributed by atoms with E-state index >= 15 is 0 Å². The van der Waals surface area contributed by atoms with Gasteiger partial charge in [0.2, 0.25) is 0 Å². The van der Waals surface area contributed by atoms with Gasteiger partial charge in [-0.1, -0.05) is 6.92 Å². The minimum absolute atomic E-state index is 0.314. The topological polar surface area (TPSA) is 35.5 Å². The number of hydrogen-bond donors (Lipinski definition) is 0. The largest absolute Gasteiger partial charge is 0.352 e. The first kappa shape index (κ1) is 10.1. The molecule has 80 valence electrons. The van der Waals surface area contributed by atoms with Gasteiger partial charge in [-0.15, -0.1) is 0 Å². The number of rotatable bonds is 3. The highest BCUT2D eigenvalue weighted by Gasteiger charge is 2.63. The maximum Gasteiger partial charge on any atom is 0.180 e. The fraction of sp³-hybridized carbons (Fsp3) is 0.909. The first-order chi connectivity index (χ1) is 6.71. The molecule has 3 nitrogen and oxygen atoms in total. The summed E-state index contributed by atoms with van der Waals surface area (Å²) in [4.78, 5) is 12.0. The van der Waals surface area contributed by atoms with Crippen molar-refractivity contribution < 1.29 is 14.3 Å². The summed E-state index contributed by atoms with van der Waals surface area (Å²) in [6.07, 6.45) is 4.28. The lowest BCUT2D eigenvalue weighted by Crippen LogP contribution is -2.47. The number of ketones is 1. The Labute approximate surface area is 84.8 Å². The van der Waals surface area contributed by atoms with E-state index in [1.807, 2.05) is 6.92 Å². The lowest BCUT2D eigenvalue weighted by atomic mass is 9.75. The van der Waals surface area contributed by atoms with Gasteiger partial charge < -0.3 is 9.47 Å². The molecule has 2 atom stereocenters. The Morgan fingerprint density at radius 1 is 1.43 bits per heavy atom. The van der Waals surface area contributed by atoms with Gasteiger partial charge in [0.15, 0.2) is 5.79 Å². The Bertz CT molecular complexity index is 237. The summed E-state index contributed by atoms with van der Waals surface area (Å²) in [6.45, 7) is 2.59. The fourth-order valence-corrected chi connectivity index (χ4v) is 3.15. The van der Waals surface area contributed by atoms with Gasteiger partial charge in [-0.05, 0) is 19.3 Å². The monoisotopic (exact) mass is 198 g/mol. The smallest absolute Gasteiger partial charge is 0.180 e. The van der Waals surface area contributed by atoms with Crippen LogP contribution in [0.15, 0.2) is 0 Å². The van der Waals surface area contributed by atoms with E-state index in [2.05, 4.69) is 0 Å². The zero-order valence-corrected chi connectivity index (χ0v) is 8.97. The standard InChI is InChI=1S/C11H18O3/c1-3-9(12)10-5-4-6-11(10,13-2)14-8-7-10/h3-8H2,1-2H3. The average Bonchev–Trinajstić information content (AvgIpc) is 2.71. The van der Waals surface area contributed by atoms with Gasteiger partial charge in [-0.3, -0.25) is 4.79 Å². The van der Waals surface area contributed by atoms with Crippen LogP contribution in [0.4, 0.5) is 0 Å². The summed E-state index contributed by atoms with van der Waals surface area (Å²) < 4.78 is 11.2. The lowest BCUT2D eigenvalue weighted by Gasteiger charge is -2.36. The Kier molecular flexibility index (Phi) is 2.40. The highest BCUT2D eigenvalue weighted by molar-refractivity contribution is 5.86. The number of carbonyl (C=O) groups excluding carboxylic acids is 1. The van der Waals surface area contributed by atoms with Crippen molar-refractivity contribution in [1.82, 2.24) is 0 Å². The maximum absolute atomic E-state index is 12.0. The summed E-state index contributed by atoms with van der Waals surface area (Å²) >= 11 is 0. The van der Waals surface area contributed by atoms with E-state index in [1.54, 1.807) is 7.11 Å². The molecule has 14 heavy (non-hydrogen) atoms. The van der Waals surface area contributed by atoms with Crippen LogP contribution in [0.1, 0.15) is 39.0 Å². The molecule has 2 aliphatic rings. The second-order valence-corrected chi connectivity index (χ2v) is 4.27. The van der Waals surface area contributed by atoms with Gasteiger partial charge in [-0.2, -0.15) is 0 Å². The molecule has 0 aromatic carbocycles. The zero-order chi connectivity index (χ0) is 10.2. The summed E-state index contributed by atoms with van der Waals surface area (Å²) in [5, 5.41) is 0. The van der Waals surface area contributed by atoms with Crippen LogP contribution in [-0.4, -0.2) is 25.3 Å². The molecule has 1 heterocycles. The Hall–Kier alpha value is -0.410. The molecular formula is C11H18O3. The van der Waals surface area contributed by atoms with Crippen LogP contribution in [0.2, 0.25) is 0 Å². The third-order valence-corrected chi connectivity index (χ3v) is 3.89. The Morgan fingerprint density at radius 2 is 2.21 bits per heavy atom. The molecule has 1 aliphatic carbocycles. The predicted molar refractivity (Wildman–Crippen MR) is 51.9 cm³/mol. The molecule has 1 aliphatic heterocycles. The first-order valence-corrected chi connectivity index (χ1v) is 5.43. The highest BCUT2D eigenvalue weighted by atomic mass is 16.7. The molecule has 1 saturated heterocycles. The van der Waals surface area contributed by atoms with Crippen molar-refractivity contribution >= 4 is 5.78 Å². The molecule has 0 spiro atoms. The second-order valence-electron chi connectivity index (χ2n) is 4.27. The fourth-order valence-electron chi connectivity index (χ4n) is 3.15. The van der Waals surface area contributed by atoms with Crippen molar-refractivity contribution in [2.75, 3.05) is 13.7 Å². The van der Waals surface area contributed by atoms with Gasteiger partial charge in [0, 0.05) is 20.0 Å². The van der Waals surface area contributed by atoms with E-state index in [-0.39, 0.29) is 5.41 Å². The lowest BCUT2D eigenvalue weighted by molar-refractivity contribution is -0.228. The number of ether oxygens (including phenoxy) is 2. The van der Waals surface area contributed by atoms with Crippen molar-refractivity contribution in [2.24, 2.45) is 5.41 Å². The third kappa shape index (κ3) is 1.03. The van der Waals surface area contributed by atoms with Crippen molar-refractivity contribution in [3.63, 3.8) is 0 Å². The summed E-state index contributed by atoms with van der Waals surface area (Å²) in [7, 11) is 1.66. The Balaban J connectivity index is 2.35. The van der Waals surface area contributed by atoms with Crippen molar-refractivity contribution in [3.8, 4) is 0 Å². The van der Waals surface area contributed by atoms with Gasteiger partial charge in [-0.25, -0.2) is 0 Å². The minimum Gasteiger partial charge on any atom is -0.352 e. The molecule has 0 aromatic heterocycles. The Morgan fingerprint density at radius 3 is 2.86 bits per heavy atom. The molecule has 0 radical (unpaired) electrons. The van der Waals surface area contributed by atoms with Gasteiger partial charge in [0.25, 0.3) is 0 Å². The number of Topliss-reactive ketones (excluding diaryl/α,β-unsaturated/α-hetero) is 1. The third-order valence-electron chi connectivity index (χ3n) is 3.89. The highest BCUT2D eigenvalue weighted by Crippen LogP contribution is 2.56. The van der Waals surface area contributed by atoms with Crippen molar-refractivity contribution in [2.45, 2.75) is 44.8 Å². The first-order valence-electron chi connectivity index (χ1n) is 5.43. The van der Waals surface area contributed by atoms with Crippen LogP contribution in [0.3, 0.4) is 0 Å². The molecule has 0 amide bonds. The number of methoxy groups -OCH3 is 1. The SMILES string of the molecule is CCC(=O)C12CCCC1(OC)OCC2. The molecule has 2 fully saturated rings.